The lowest BCUT2D eigenvalue weighted by molar-refractivity contribution is -0.136. The van der Waals surface area contributed by atoms with Crippen LogP contribution in [0.3, 0.4) is 0 Å². The van der Waals surface area contributed by atoms with E-state index in [0.717, 1.165) is 38.2 Å². The number of carboxylic acid groups (broad SMARTS) is 1. The molecule has 0 bridgehead atoms. The molecule has 124 valence electrons. The van der Waals surface area contributed by atoms with Crippen molar-refractivity contribution in [2.24, 2.45) is 0 Å². The molecule has 0 amide bonds. The molecule has 4 heteroatoms. The Morgan fingerprint density at radius 1 is 1.09 bits per heavy atom. The van der Waals surface area contributed by atoms with Gasteiger partial charge in [-0.3, -0.25) is 4.79 Å². The second-order valence-corrected chi connectivity index (χ2v) is 5.55. The van der Waals surface area contributed by atoms with Crippen LogP contribution in [-0.4, -0.2) is 30.8 Å². The fourth-order valence-electron chi connectivity index (χ4n) is 2.21. The van der Waals surface area contributed by atoms with Gasteiger partial charge in [0.2, 0.25) is 0 Å². The number of benzene rings is 1. The van der Waals surface area contributed by atoms with E-state index < -0.39 is 5.97 Å². The standard InChI is InChI=1S/C18H29NO3/c1-2-3-4-5-15-22-17-10-8-16(9-11-17)7-6-13-19-14-12-18(20)21/h8-11,19H,2-7,12-15H2,1H3,(H,20,21). The molecule has 4 nitrogen and oxygen atoms in total. The summed E-state index contributed by atoms with van der Waals surface area (Å²) in [5.74, 6) is 0.192. The second kappa shape index (κ2) is 12.0. The molecule has 0 aromatic heterocycles. The van der Waals surface area contributed by atoms with Gasteiger partial charge >= 0.3 is 5.97 Å². The van der Waals surface area contributed by atoms with Crippen LogP contribution >= 0.6 is 0 Å². The van der Waals surface area contributed by atoms with Crippen molar-refractivity contribution in [1.82, 2.24) is 5.32 Å². The quantitative estimate of drug-likeness (QED) is 0.546. The Morgan fingerprint density at radius 2 is 1.86 bits per heavy atom. The molecule has 0 radical (unpaired) electrons. The van der Waals surface area contributed by atoms with Crippen LogP contribution in [-0.2, 0) is 11.2 Å². The minimum Gasteiger partial charge on any atom is -0.494 e. The molecule has 0 atom stereocenters. The Bertz CT molecular complexity index is 403. The van der Waals surface area contributed by atoms with Gasteiger partial charge in [0.15, 0.2) is 0 Å². The van der Waals surface area contributed by atoms with Crippen molar-refractivity contribution >= 4 is 5.97 Å². The number of carbonyl (C=O) groups is 1. The molecule has 0 saturated heterocycles. The summed E-state index contributed by atoms with van der Waals surface area (Å²) in [6, 6.07) is 8.29. The van der Waals surface area contributed by atoms with Gasteiger partial charge < -0.3 is 15.2 Å². The highest BCUT2D eigenvalue weighted by atomic mass is 16.5. The zero-order valence-corrected chi connectivity index (χ0v) is 13.6. The van der Waals surface area contributed by atoms with E-state index in [4.69, 9.17) is 9.84 Å². The van der Waals surface area contributed by atoms with Crippen LogP contribution in [0.2, 0.25) is 0 Å². The third-order valence-corrected chi connectivity index (χ3v) is 3.52. The molecule has 0 spiro atoms. The molecule has 1 aromatic carbocycles. The molecule has 1 aromatic rings. The van der Waals surface area contributed by atoms with E-state index >= 15 is 0 Å². The highest BCUT2D eigenvalue weighted by molar-refractivity contribution is 5.66. The first-order chi connectivity index (χ1) is 10.7. The largest absolute Gasteiger partial charge is 0.494 e. The van der Waals surface area contributed by atoms with E-state index in [1.54, 1.807) is 0 Å². The highest BCUT2D eigenvalue weighted by Crippen LogP contribution is 2.14. The zero-order chi connectivity index (χ0) is 16.0. The maximum atomic E-state index is 10.4. The first-order valence-electron chi connectivity index (χ1n) is 8.36. The van der Waals surface area contributed by atoms with Crippen LogP contribution in [0.1, 0.15) is 51.0 Å². The predicted octanol–water partition coefficient (Wildman–Crippen LogP) is 3.64. The lowest BCUT2D eigenvalue weighted by Gasteiger charge is -2.07. The zero-order valence-electron chi connectivity index (χ0n) is 13.6. The van der Waals surface area contributed by atoms with E-state index in [9.17, 15) is 4.79 Å². The van der Waals surface area contributed by atoms with Crippen molar-refractivity contribution in [3.63, 3.8) is 0 Å². The van der Waals surface area contributed by atoms with Crippen molar-refractivity contribution in [2.45, 2.75) is 51.9 Å². The fraction of sp³-hybridized carbons (Fsp3) is 0.611. The molecule has 2 N–H and O–H groups in total. The van der Waals surface area contributed by atoms with Gasteiger partial charge in [-0.2, -0.15) is 0 Å². The lowest BCUT2D eigenvalue weighted by atomic mass is 10.1. The molecule has 0 fully saturated rings. The molecule has 0 unspecified atom stereocenters. The third-order valence-electron chi connectivity index (χ3n) is 3.52. The Morgan fingerprint density at radius 3 is 2.55 bits per heavy atom. The van der Waals surface area contributed by atoms with Gasteiger partial charge in [0.1, 0.15) is 5.75 Å². The number of aliphatic carboxylic acids is 1. The van der Waals surface area contributed by atoms with Crippen LogP contribution in [0, 0.1) is 0 Å². The number of hydrogen-bond acceptors (Lipinski definition) is 3. The Hall–Kier alpha value is -1.55. The van der Waals surface area contributed by atoms with Gasteiger partial charge in [0, 0.05) is 6.54 Å². The molecule has 0 aliphatic carbocycles. The van der Waals surface area contributed by atoms with Gasteiger partial charge in [-0.15, -0.1) is 0 Å². The number of hydrogen-bond donors (Lipinski definition) is 2. The Balaban J connectivity index is 2.09. The Kier molecular flexibility index (Phi) is 10.1. The molecule has 0 aliphatic rings. The summed E-state index contributed by atoms with van der Waals surface area (Å²) >= 11 is 0. The third kappa shape index (κ3) is 9.40. The van der Waals surface area contributed by atoms with Crippen molar-refractivity contribution in [1.29, 1.82) is 0 Å². The summed E-state index contributed by atoms with van der Waals surface area (Å²) in [5, 5.41) is 11.7. The summed E-state index contributed by atoms with van der Waals surface area (Å²) in [5.41, 5.74) is 1.29. The minimum absolute atomic E-state index is 0.185. The first kappa shape index (κ1) is 18.5. The number of ether oxygens (including phenoxy) is 1. The van der Waals surface area contributed by atoms with E-state index in [0.29, 0.717) is 6.54 Å². The minimum atomic E-state index is -0.752. The van der Waals surface area contributed by atoms with Crippen LogP contribution in [0.5, 0.6) is 5.75 Å². The summed E-state index contributed by atoms with van der Waals surface area (Å²) in [7, 11) is 0. The predicted molar refractivity (Wildman–Crippen MR) is 89.5 cm³/mol. The highest BCUT2D eigenvalue weighted by Gasteiger charge is 1.98. The lowest BCUT2D eigenvalue weighted by Crippen LogP contribution is -2.19. The monoisotopic (exact) mass is 307 g/mol. The molecule has 0 heterocycles. The van der Waals surface area contributed by atoms with Crippen molar-refractivity contribution in [2.75, 3.05) is 19.7 Å². The van der Waals surface area contributed by atoms with Gasteiger partial charge in [-0.1, -0.05) is 38.3 Å². The van der Waals surface area contributed by atoms with E-state index in [-0.39, 0.29) is 6.42 Å². The fourth-order valence-corrected chi connectivity index (χ4v) is 2.21. The van der Waals surface area contributed by atoms with Crippen molar-refractivity contribution in [3.05, 3.63) is 29.8 Å². The molecule has 22 heavy (non-hydrogen) atoms. The number of unbranched alkanes of at least 4 members (excludes halogenated alkanes) is 3. The molecule has 1 rings (SSSR count). The average Bonchev–Trinajstić information content (AvgIpc) is 2.51. The second-order valence-electron chi connectivity index (χ2n) is 5.55. The Labute approximate surface area is 133 Å². The number of aryl methyl sites for hydroxylation is 1. The van der Waals surface area contributed by atoms with E-state index in [2.05, 4.69) is 24.4 Å². The van der Waals surface area contributed by atoms with Gasteiger partial charge in [-0.25, -0.2) is 0 Å². The summed E-state index contributed by atoms with van der Waals surface area (Å²) in [6.07, 6.45) is 7.09. The van der Waals surface area contributed by atoms with Gasteiger partial charge in [-0.05, 0) is 43.5 Å². The van der Waals surface area contributed by atoms with Crippen LogP contribution in [0.4, 0.5) is 0 Å². The normalized spacial score (nSPS) is 10.6. The molecular weight excluding hydrogens is 278 g/mol. The van der Waals surface area contributed by atoms with Crippen LogP contribution in [0.25, 0.3) is 0 Å². The van der Waals surface area contributed by atoms with E-state index in [1.165, 1.54) is 24.8 Å². The topological polar surface area (TPSA) is 58.6 Å². The average molecular weight is 307 g/mol. The smallest absolute Gasteiger partial charge is 0.304 e. The van der Waals surface area contributed by atoms with E-state index in [1.807, 2.05) is 12.1 Å². The van der Waals surface area contributed by atoms with Crippen molar-refractivity contribution in [3.8, 4) is 5.75 Å². The molecular formula is C18H29NO3. The molecule has 0 saturated carbocycles. The van der Waals surface area contributed by atoms with Crippen LogP contribution in [0.15, 0.2) is 24.3 Å². The maximum Gasteiger partial charge on any atom is 0.304 e. The van der Waals surface area contributed by atoms with Crippen LogP contribution < -0.4 is 10.1 Å². The first-order valence-corrected chi connectivity index (χ1v) is 8.36. The molecule has 0 aliphatic heterocycles. The maximum absolute atomic E-state index is 10.4. The van der Waals surface area contributed by atoms with Crippen molar-refractivity contribution < 1.29 is 14.6 Å². The van der Waals surface area contributed by atoms with Gasteiger partial charge in [0.05, 0.1) is 13.0 Å². The number of carboxylic acids is 1. The van der Waals surface area contributed by atoms with Gasteiger partial charge in [0.25, 0.3) is 0 Å². The number of rotatable bonds is 13. The summed E-state index contributed by atoms with van der Waals surface area (Å²) in [6.45, 7) is 4.40. The summed E-state index contributed by atoms with van der Waals surface area (Å²) < 4.78 is 5.72. The SMILES string of the molecule is CCCCCCOc1ccc(CCCNCCC(=O)O)cc1. The summed E-state index contributed by atoms with van der Waals surface area (Å²) in [4.78, 5) is 10.4. The number of nitrogens with one attached hydrogen (secondary N) is 1.